The van der Waals surface area contributed by atoms with Crippen LogP contribution in [0.2, 0.25) is 0 Å². The van der Waals surface area contributed by atoms with E-state index in [0.717, 1.165) is 18.6 Å². The second kappa shape index (κ2) is 9.12. The molecule has 2 aromatic heterocycles. The Bertz CT molecular complexity index is 1270. The molecule has 0 aliphatic carbocycles. The number of benzene rings is 1. The van der Waals surface area contributed by atoms with Crippen molar-refractivity contribution in [3.63, 3.8) is 0 Å². The molecule has 184 valence electrons. The van der Waals surface area contributed by atoms with Crippen LogP contribution >= 0.6 is 0 Å². The third-order valence-electron chi connectivity index (χ3n) is 6.34. The van der Waals surface area contributed by atoms with Gasteiger partial charge in [0.05, 0.1) is 31.2 Å². The first-order chi connectivity index (χ1) is 16.8. The average Bonchev–Trinajstić information content (AvgIpc) is 3.44. The minimum absolute atomic E-state index is 0.219. The number of likely N-dealkylation sites (tertiary alicyclic amines) is 1. The Morgan fingerprint density at radius 1 is 1.17 bits per heavy atom. The average molecular weight is 485 g/mol. The van der Waals surface area contributed by atoms with Gasteiger partial charge in [-0.3, -0.25) is 10.1 Å². The monoisotopic (exact) mass is 484 g/mol. The molecule has 0 saturated carbocycles. The molecular formula is C24H26F2N6O3. The molecule has 35 heavy (non-hydrogen) atoms. The molecule has 0 radical (unpaired) electrons. The zero-order valence-electron chi connectivity index (χ0n) is 19.4. The molecule has 0 bridgehead atoms. The number of aromatic nitrogens is 3. The van der Waals surface area contributed by atoms with Gasteiger partial charge < -0.3 is 14.5 Å². The van der Waals surface area contributed by atoms with Gasteiger partial charge in [-0.1, -0.05) is 13.8 Å². The van der Waals surface area contributed by atoms with Crippen LogP contribution in [0.15, 0.2) is 36.5 Å². The summed E-state index contributed by atoms with van der Waals surface area (Å²) in [7, 11) is 0. The minimum Gasteiger partial charge on any atom is -0.458 e. The number of anilines is 2. The predicted molar refractivity (Wildman–Crippen MR) is 124 cm³/mol. The Morgan fingerprint density at radius 3 is 2.74 bits per heavy atom. The molecule has 1 atom stereocenters. The number of carbonyl (C=O) groups excluding carboxylic acids is 2. The molecule has 2 amide bonds. The molecule has 5 rings (SSSR count). The number of hydrogen-bond donors (Lipinski definition) is 1. The normalized spacial score (nSPS) is 18.3. The van der Waals surface area contributed by atoms with Crippen LogP contribution in [0.4, 0.5) is 25.2 Å². The molecular weight excluding hydrogens is 458 g/mol. The Morgan fingerprint density at radius 2 is 1.97 bits per heavy atom. The van der Waals surface area contributed by atoms with Crippen molar-refractivity contribution in [3.8, 4) is 0 Å². The first-order valence-corrected chi connectivity index (χ1v) is 11.6. The van der Waals surface area contributed by atoms with E-state index in [9.17, 15) is 18.4 Å². The lowest BCUT2D eigenvalue weighted by molar-refractivity contribution is -0.159. The van der Waals surface area contributed by atoms with Gasteiger partial charge in [0.2, 0.25) is 0 Å². The number of carbonyl (C=O) groups is 2. The molecule has 1 aromatic carbocycles. The number of nitrogens with zero attached hydrogens (tertiary/aromatic N) is 5. The second-order valence-electron chi connectivity index (χ2n) is 9.17. The van der Waals surface area contributed by atoms with Crippen molar-refractivity contribution in [2.45, 2.75) is 38.8 Å². The quantitative estimate of drug-likeness (QED) is 0.555. The molecule has 2 saturated heterocycles. The summed E-state index contributed by atoms with van der Waals surface area (Å²) in [5.74, 6) is -0.491. The highest BCUT2D eigenvalue weighted by Crippen LogP contribution is 2.36. The number of imidazole rings is 1. The van der Waals surface area contributed by atoms with E-state index in [1.165, 1.54) is 21.7 Å². The number of amides is 2. The maximum absolute atomic E-state index is 14.5. The van der Waals surface area contributed by atoms with Crippen molar-refractivity contribution >= 4 is 29.3 Å². The summed E-state index contributed by atoms with van der Waals surface area (Å²) in [5.41, 5.74) is 0.832. The second-order valence-corrected chi connectivity index (χ2v) is 9.17. The van der Waals surface area contributed by atoms with Crippen LogP contribution in [-0.4, -0.2) is 57.2 Å². The SMILES string of the molecule is CC(C)C(=O)OC1CN(C(=O)Nc2cnc3ccc(N4CCC[C@@H]4c4cc(F)ccc4F)nn23)C1. The summed E-state index contributed by atoms with van der Waals surface area (Å²) in [6.45, 7) is 4.79. The molecule has 2 fully saturated rings. The van der Waals surface area contributed by atoms with Crippen LogP contribution in [0.1, 0.15) is 38.3 Å². The van der Waals surface area contributed by atoms with Crippen LogP contribution in [0.5, 0.6) is 0 Å². The Labute approximate surface area is 200 Å². The van der Waals surface area contributed by atoms with Crippen molar-refractivity contribution in [2.75, 3.05) is 29.9 Å². The molecule has 3 aromatic rings. The third-order valence-corrected chi connectivity index (χ3v) is 6.34. The number of esters is 1. The van der Waals surface area contributed by atoms with E-state index < -0.39 is 11.6 Å². The van der Waals surface area contributed by atoms with Gasteiger partial charge >= 0.3 is 12.0 Å². The van der Waals surface area contributed by atoms with E-state index in [1.54, 1.807) is 26.0 Å². The Hall–Kier alpha value is -3.76. The minimum atomic E-state index is -0.483. The summed E-state index contributed by atoms with van der Waals surface area (Å²) < 4.78 is 35.1. The van der Waals surface area contributed by atoms with Gasteiger partial charge in [0, 0.05) is 12.1 Å². The van der Waals surface area contributed by atoms with Crippen molar-refractivity contribution in [1.29, 1.82) is 0 Å². The predicted octanol–water partition coefficient (Wildman–Crippen LogP) is 3.76. The molecule has 4 heterocycles. The topological polar surface area (TPSA) is 92.1 Å². The molecule has 1 N–H and O–H groups in total. The van der Waals surface area contributed by atoms with Crippen molar-refractivity contribution < 1.29 is 23.1 Å². The van der Waals surface area contributed by atoms with Gasteiger partial charge in [-0.05, 0) is 43.2 Å². The van der Waals surface area contributed by atoms with Gasteiger partial charge in [0.1, 0.15) is 23.6 Å². The Kier molecular flexibility index (Phi) is 6.00. The van der Waals surface area contributed by atoms with E-state index in [0.29, 0.717) is 48.9 Å². The smallest absolute Gasteiger partial charge is 0.323 e. The fourth-order valence-electron chi connectivity index (χ4n) is 4.40. The zero-order chi connectivity index (χ0) is 24.7. The van der Waals surface area contributed by atoms with Crippen LogP contribution in [-0.2, 0) is 9.53 Å². The van der Waals surface area contributed by atoms with Crippen molar-refractivity contribution in [2.24, 2.45) is 5.92 Å². The number of fused-ring (bicyclic) bond motifs is 1. The fraction of sp³-hybridized carbons (Fsp3) is 0.417. The van der Waals surface area contributed by atoms with Crippen molar-refractivity contribution in [3.05, 3.63) is 53.7 Å². The van der Waals surface area contributed by atoms with Crippen LogP contribution in [0, 0.1) is 17.6 Å². The standard InChI is InChI=1S/C24H26F2N6O3/c1-14(2)23(33)35-16-12-30(13-16)24(34)28-22-11-27-20-7-8-21(29-32(20)22)31-9-3-4-19(31)17-10-15(25)5-6-18(17)26/h5-8,10-11,14,16,19H,3-4,9,12-13H2,1-2H3,(H,28,34)/t19-/m1/s1. The van der Waals surface area contributed by atoms with Crippen molar-refractivity contribution in [1.82, 2.24) is 19.5 Å². The van der Waals surface area contributed by atoms with E-state index in [4.69, 9.17) is 4.74 Å². The highest BCUT2D eigenvalue weighted by molar-refractivity contribution is 5.89. The number of rotatable bonds is 5. The fourth-order valence-corrected chi connectivity index (χ4v) is 4.40. The van der Waals surface area contributed by atoms with Gasteiger partial charge in [-0.2, -0.15) is 4.52 Å². The summed E-state index contributed by atoms with van der Waals surface area (Å²) in [6.07, 6.45) is 2.68. The van der Waals surface area contributed by atoms with Gasteiger partial charge in [0.15, 0.2) is 11.5 Å². The zero-order valence-corrected chi connectivity index (χ0v) is 19.4. The number of hydrogen-bond acceptors (Lipinski definition) is 6. The van der Waals surface area contributed by atoms with Crippen LogP contribution in [0.3, 0.4) is 0 Å². The van der Waals surface area contributed by atoms with Crippen LogP contribution < -0.4 is 10.2 Å². The maximum atomic E-state index is 14.5. The molecule has 2 aliphatic heterocycles. The molecule has 2 aliphatic rings. The largest absolute Gasteiger partial charge is 0.458 e. The number of nitrogens with one attached hydrogen (secondary N) is 1. The van der Waals surface area contributed by atoms with Gasteiger partial charge in [-0.25, -0.2) is 18.6 Å². The first-order valence-electron chi connectivity index (χ1n) is 11.6. The Balaban J connectivity index is 1.31. The number of urea groups is 1. The summed E-state index contributed by atoms with van der Waals surface area (Å²) in [6, 6.07) is 6.34. The third kappa shape index (κ3) is 4.50. The first kappa shape index (κ1) is 23.0. The van der Waals surface area contributed by atoms with E-state index in [1.807, 2.05) is 4.90 Å². The number of halogens is 2. The van der Waals surface area contributed by atoms with Gasteiger partial charge in [-0.15, -0.1) is 5.10 Å². The highest BCUT2D eigenvalue weighted by Gasteiger charge is 2.34. The lowest BCUT2D eigenvalue weighted by Crippen LogP contribution is -2.56. The van der Waals surface area contributed by atoms with E-state index in [-0.39, 0.29) is 30.1 Å². The molecule has 11 heteroatoms. The van der Waals surface area contributed by atoms with Gasteiger partial charge in [0.25, 0.3) is 0 Å². The molecule has 0 unspecified atom stereocenters. The highest BCUT2D eigenvalue weighted by atomic mass is 19.1. The van der Waals surface area contributed by atoms with E-state index in [2.05, 4.69) is 15.4 Å². The number of ether oxygens (including phenoxy) is 1. The maximum Gasteiger partial charge on any atom is 0.323 e. The molecule has 0 spiro atoms. The summed E-state index contributed by atoms with van der Waals surface area (Å²) in [4.78, 5) is 32.1. The van der Waals surface area contributed by atoms with Crippen LogP contribution in [0.25, 0.3) is 5.65 Å². The van der Waals surface area contributed by atoms with E-state index >= 15 is 0 Å². The lowest BCUT2D eigenvalue weighted by atomic mass is 10.0. The summed E-state index contributed by atoms with van der Waals surface area (Å²) in [5, 5.41) is 7.43. The molecule has 9 nitrogen and oxygen atoms in total. The summed E-state index contributed by atoms with van der Waals surface area (Å²) >= 11 is 0. The lowest BCUT2D eigenvalue weighted by Gasteiger charge is -2.38.